The number of hydrogen-bond donors (Lipinski definition) is 1. The van der Waals surface area contributed by atoms with Gasteiger partial charge < -0.3 is 4.74 Å². The van der Waals surface area contributed by atoms with E-state index < -0.39 is 16.6 Å². The lowest BCUT2D eigenvalue weighted by Crippen LogP contribution is -2.14. The third-order valence-electron chi connectivity index (χ3n) is 2.73. The molecular formula is C14H12ClF2NO3S. The van der Waals surface area contributed by atoms with Gasteiger partial charge in [0.25, 0.3) is 10.0 Å². The van der Waals surface area contributed by atoms with E-state index in [1.807, 2.05) is 6.92 Å². The van der Waals surface area contributed by atoms with Gasteiger partial charge in [-0.3, -0.25) is 4.72 Å². The van der Waals surface area contributed by atoms with Crippen LogP contribution in [0.15, 0.2) is 47.4 Å². The molecular weight excluding hydrogens is 336 g/mol. The minimum absolute atomic E-state index is 0.000993. The molecule has 0 spiro atoms. The van der Waals surface area contributed by atoms with Crippen molar-refractivity contribution >= 4 is 27.3 Å². The number of rotatable bonds is 5. The Bertz CT molecular complexity index is 764. The first-order valence-corrected chi connectivity index (χ1v) is 7.98. The third kappa shape index (κ3) is 4.08. The van der Waals surface area contributed by atoms with Crippen LogP contribution >= 0.6 is 11.6 Å². The molecule has 118 valence electrons. The van der Waals surface area contributed by atoms with Crippen molar-refractivity contribution in [3.8, 4) is 5.75 Å². The molecule has 0 saturated carbocycles. The Morgan fingerprint density at radius 2 is 1.77 bits per heavy atom. The molecule has 2 rings (SSSR count). The molecule has 0 aliphatic rings. The highest BCUT2D eigenvalue weighted by Crippen LogP contribution is 2.31. The van der Waals surface area contributed by atoms with Crippen LogP contribution in [0.25, 0.3) is 0 Å². The van der Waals surface area contributed by atoms with Gasteiger partial charge in [0.1, 0.15) is 5.75 Å². The monoisotopic (exact) mass is 347 g/mol. The smallest absolute Gasteiger partial charge is 0.387 e. The van der Waals surface area contributed by atoms with Crippen LogP contribution in [0.2, 0.25) is 5.02 Å². The number of anilines is 1. The van der Waals surface area contributed by atoms with Gasteiger partial charge in [-0.25, -0.2) is 8.42 Å². The summed E-state index contributed by atoms with van der Waals surface area (Å²) in [5, 5.41) is 0.184. The molecule has 0 amide bonds. The molecule has 22 heavy (non-hydrogen) atoms. The zero-order valence-electron chi connectivity index (χ0n) is 11.4. The van der Waals surface area contributed by atoms with Crippen molar-refractivity contribution < 1.29 is 21.9 Å². The molecule has 0 aliphatic heterocycles. The van der Waals surface area contributed by atoms with Gasteiger partial charge in [-0.05, 0) is 37.3 Å². The first-order valence-electron chi connectivity index (χ1n) is 6.12. The zero-order chi connectivity index (χ0) is 16.3. The summed E-state index contributed by atoms with van der Waals surface area (Å²) in [4.78, 5) is 0.000993. The Balaban J connectivity index is 2.36. The van der Waals surface area contributed by atoms with E-state index in [2.05, 4.69) is 9.46 Å². The quantitative estimate of drug-likeness (QED) is 0.887. The van der Waals surface area contributed by atoms with E-state index in [1.54, 1.807) is 12.1 Å². The minimum Gasteiger partial charge on any atom is -0.433 e. The maximum Gasteiger partial charge on any atom is 0.387 e. The van der Waals surface area contributed by atoms with Crippen LogP contribution in [-0.2, 0) is 10.0 Å². The molecule has 0 heterocycles. The standard InChI is InChI=1S/C14H12ClF2NO3S/c1-9-2-5-11(6-3-9)22(19,20)18-12-8-10(15)4-7-13(12)21-14(16)17/h2-8,14,18H,1H3. The Morgan fingerprint density at radius 3 is 2.36 bits per heavy atom. The summed E-state index contributed by atoms with van der Waals surface area (Å²) in [6.45, 7) is -1.26. The van der Waals surface area contributed by atoms with E-state index in [-0.39, 0.29) is 21.4 Å². The number of halogens is 3. The third-order valence-corrected chi connectivity index (χ3v) is 4.35. The molecule has 0 fully saturated rings. The van der Waals surface area contributed by atoms with E-state index >= 15 is 0 Å². The fraction of sp³-hybridized carbons (Fsp3) is 0.143. The second-order valence-electron chi connectivity index (χ2n) is 4.44. The van der Waals surface area contributed by atoms with Crippen LogP contribution in [0.5, 0.6) is 5.75 Å². The number of benzene rings is 2. The van der Waals surface area contributed by atoms with Gasteiger partial charge in [-0.2, -0.15) is 8.78 Å². The zero-order valence-corrected chi connectivity index (χ0v) is 13.0. The summed E-state index contributed by atoms with van der Waals surface area (Å²) >= 11 is 5.77. The number of alkyl halides is 2. The summed E-state index contributed by atoms with van der Waals surface area (Å²) in [7, 11) is -3.94. The highest BCUT2D eigenvalue weighted by Gasteiger charge is 2.18. The topological polar surface area (TPSA) is 55.4 Å². The second-order valence-corrected chi connectivity index (χ2v) is 6.56. The molecule has 0 aliphatic carbocycles. The van der Waals surface area contributed by atoms with Crippen molar-refractivity contribution in [1.82, 2.24) is 0 Å². The Kier molecular flexibility index (Phi) is 4.87. The van der Waals surface area contributed by atoms with Gasteiger partial charge in [-0.1, -0.05) is 29.3 Å². The highest BCUT2D eigenvalue weighted by molar-refractivity contribution is 7.92. The fourth-order valence-electron chi connectivity index (χ4n) is 1.70. The number of hydrogen-bond acceptors (Lipinski definition) is 3. The number of aryl methyl sites for hydroxylation is 1. The van der Waals surface area contributed by atoms with Crippen LogP contribution in [-0.4, -0.2) is 15.0 Å². The predicted octanol–water partition coefficient (Wildman–Crippen LogP) is 4.05. The molecule has 0 saturated heterocycles. The predicted molar refractivity (Wildman–Crippen MR) is 80.1 cm³/mol. The molecule has 0 aromatic heterocycles. The first kappa shape index (κ1) is 16.5. The molecule has 2 aromatic carbocycles. The van der Waals surface area contributed by atoms with Crippen molar-refractivity contribution in [1.29, 1.82) is 0 Å². The van der Waals surface area contributed by atoms with Gasteiger partial charge >= 0.3 is 6.61 Å². The average molecular weight is 348 g/mol. The molecule has 0 bridgehead atoms. The van der Waals surface area contributed by atoms with Gasteiger partial charge in [0.2, 0.25) is 0 Å². The maximum atomic E-state index is 12.4. The second kappa shape index (κ2) is 6.50. The van der Waals surface area contributed by atoms with E-state index in [4.69, 9.17) is 11.6 Å². The van der Waals surface area contributed by atoms with Crippen LogP contribution in [0, 0.1) is 6.92 Å². The molecule has 0 unspecified atom stereocenters. The number of nitrogens with one attached hydrogen (secondary N) is 1. The van der Waals surface area contributed by atoms with Gasteiger partial charge in [0.15, 0.2) is 0 Å². The van der Waals surface area contributed by atoms with Gasteiger partial charge in [-0.15, -0.1) is 0 Å². The summed E-state index contributed by atoms with van der Waals surface area (Å²) in [5.74, 6) is -0.310. The van der Waals surface area contributed by atoms with Crippen LogP contribution < -0.4 is 9.46 Å². The van der Waals surface area contributed by atoms with Crippen LogP contribution in [0.4, 0.5) is 14.5 Å². The summed E-state index contributed by atoms with van der Waals surface area (Å²) in [6.07, 6.45) is 0. The fourth-order valence-corrected chi connectivity index (χ4v) is 2.94. The molecule has 0 atom stereocenters. The van der Waals surface area contributed by atoms with Crippen molar-refractivity contribution in [2.75, 3.05) is 4.72 Å². The minimum atomic E-state index is -3.94. The van der Waals surface area contributed by atoms with E-state index in [0.717, 1.165) is 5.56 Å². The average Bonchev–Trinajstić information content (AvgIpc) is 2.41. The van der Waals surface area contributed by atoms with Crippen molar-refractivity contribution in [2.45, 2.75) is 18.4 Å². The van der Waals surface area contributed by atoms with Gasteiger partial charge in [0.05, 0.1) is 10.6 Å². The van der Waals surface area contributed by atoms with Crippen LogP contribution in [0.3, 0.4) is 0 Å². The molecule has 1 N–H and O–H groups in total. The molecule has 4 nitrogen and oxygen atoms in total. The number of ether oxygens (including phenoxy) is 1. The van der Waals surface area contributed by atoms with E-state index in [0.29, 0.717) is 0 Å². The largest absolute Gasteiger partial charge is 0.433 e. The Labute approximate surface area is 131 Å². The van der Waals surface area contributed by atoms with Crippen molar-refractivity contribution in [3.63, 3.8) is 0 Å². The van der Waals surface area contributed by atoms with Crippen LogP contribution in [0.1, 0.15) is 5.56 Å². The number of sulfonamides is 1. The summed E-state index contributed by atoms with van der Waals surface area (Å²) in [6, 6.07) is 9.77. The van der Waals surface area contributed by atoms with Crippen molar-refractivity contribution in [3.05, 3.63) is 53.1 Å². The summed E-state index contributed by atoms with van der Waals surface area (Å²) < 4.78 is 55.7. The lowest BCUT2D eigenvalue weighted by molar-refractivity contribution is -0.0493. The lowest BCUT2D eigenvalue weighted by Gasteiger charge is -2.13. The highest BCUT2D eigenvalue weighted by atomic mass is 35.5. The molecule has 8 heteroatoms. The molecule has 0 radical (unpaired) electrons. The van der Waals surface area contributed by atoms with E-state index in [1.165, 1.54) is 30.3 Å². The normalized spacial score (nSPS) is 11.5. The van der Waals surface area contributed by atoms with Gasteiger partial charge in [0, 0.05) is 5.02 Å². The Morgan fingerprint density at radius 1 is 1.14 bits per heavy atom. The first-order chi connectivity index (χ1) is 10.3. The lowest BCUT2D eigenvalue weighted by atomic mass is 10.2. The SMILES string of the molecule is Cc1ccc(S(=O)(=O)Nc2cc(Cl)ccc2OC(F)F)cc1. The Hall–Kier alpha value is -1.86. The summed E-state index contributed by atoms with van der Waals surface area (Å²) in [5.41, 5.74) is 0.733. The maximum absolute atomic E-state index is 12.4. The molecule has 2 aromatic rings. The van der Waals surface area contributed by atoms with E-state index in [9.17, 15) is 17.2 Å². The van der Waals surface area contributed by atoms with Crippen molar-refractivity contribution in [2.24, 2.45) is 0 Å².